The summed E-state index contributed by atoms with van der Waals surface area (Å²) in [6.45, 7) is 2.60. The molecule has 0 saturated heterocycles. The predicted octanol–water partition coefficient (Wildman–Crippen LogP) is 6.75. The minimum absolute atomic E-state index is 0.588. The molecule has 0 amide bonds. The zero-order valence-corrected chi connectivity index (χ0v) is 18.1. The van der Waals surface area contributed by atoms with E-state index in [2.05, 4.69) is 4.90 Å². The van der Waals surface area contributed by atoms with Gasteiger partial charge in [0.15, 0.2) is 4.24 Å². The van der Waals surface area contributed by atoms with Gasteiger partial charge in [-0.3, -0.25) is 0 Å². The van der Waals surface area contributed by atoms with E-state index in [1.165, 1.54) is 11.8 Å². The molecule has 0 aliphatic carbocycles. The molecule has 0 spiro atoms. The summed E-state index contributed by atoms with van der Waals surface area (Å²) in [5.41, 5.74) is 2.68. The first-order chi connectivity index (χ1) is 12.5. The molecule has 1 unspecified atom stereocenters. The van der Waals surface area contributed by atoms with Crippen molar-refractivity contribution in [3.8, 4) is 0 Å². The number of halogens is 2. The standard InChI is InChI=1S/C20H21Cl2NOS2/c1-4-5-13-23(20-16(21)10-8-11-17(20)22)18-12-7-6-9-15(18)14-19(25-2)26(3)24/h4-12,14H,13H2,1-3H3/b5-4+,19-14?. The van der Waals surface area contributed by atoms with Gasteiger partial charge < -0.3 is 9.45 Å². The number of para-hydroxylation sites is 2. The molecule has 6 heteroatoms. The van der Waals surface area contributed by atoms with Gasteiger partial charge in [-0.1, -0.05) is 71.4 Å². The molecule has 0 aliphatic rings. The van der Waals surface area contributed by atoms with E-state index >= 15 is 0 Å². The molecule has 0 aliphatic heterocycles. The molecular formula is C20H21Cl2NOS2. The number of hydrogen-bond acceptors (Lipinski definition) is 3. The third-order valence-electron chi connectivity index (χ3n) is 3.72. The average Bonchev–Trinajstić information content (AvgIpc) is 2.62. The predicted molar refractivity (Wildman–Crippen MR) is 120 cm³/mol. The van der Waals surface area contributed by atoms with Gasteiger partial charge in [0.05, 0.1) is 15.7 Å². The van der Waals surface area contributed by atoms with Crippen LogP contribution in [0.1, 0.15) is 12.5 Å². The number of thioether (sulfide) groups is 1. The van der Waals surface area contributed by atoms with Crippen molar-refractivity contribution in [2.75, 3.05) is 24.0 Å². The maximum absolute atomic E-state index is 12.0. The fraction of sp³-hybridized carbons (Fsp3) is 0.200. The van der Waals surface area contributed by atoms with Crippen LogP contribution in [0.5, 0.6) is 0 Å². The van der Waals surface area contributed by atoms with Gasteiger partial charge in [-0.25, -0.2) is 0 Å². The molecule has 2 nitrogen and oxygen atoms in total. The second kappa shape index (κ2) is 10.3. The van der Waals surface area contributed by atoms with Crippen molar-refractivity contribution >= 4 is 63.6 Å². The van der Waals surface area contributed by atoms with Crippen LogP contribution in [0.25, 0.3) is 6.08 Å². The summed E-state index contributed by atoms with van der Waals surface area (Å²) in [5.74, 6) is 0. The first kappa shape index (κ1) is 21.3. The Kier molecular flexibility index (Phi) is 8.45. The fourth-order valence-corrected chi connectivity index (χ4v) is 4.59. The molecule has 26 heavy (non-hydrogen) atoms. The van der Waals surface area contributed by atoms with Crippen LogP contribution in [0.4, 0.5) is 11.4 Å². The number of benzene rings is 2. The van der Waals surface area contributed by atoms with Crippen molar-refractivity contribution in [2.45, 2.75) is 6.92 Å². The van der Waals surface area contributed by atoms with Crippen LogP contribution >= 0.6 is 35.0 Å². The number of rotatable bonds is 7. The molecule has 2 aromatic rings. The summed E-state index contributed by atoms with van der Waals surface area (Å²) in [6, 6.07) is 13.5. The van der Waals surface area contributed by atoms with Crippen LogP contribution in [0.2, 0.25) is 10.0 Å². The Morgan fingerprint density at radius 3 is 2.38 bits per heavy atom. The Morgan fingerprint density at radius 2 is 1.81 bits per heavy atom. The lowest BCUT2D eigenvalue weighted by Crippen LogP contribution is -2.19. The van der Waals surface area contributed by atoms with E-state index < -0.39 is 11.2 Å². The SMILES string of the molecule is C/C=C/CN(c1ccccc1C=C(SC)[S+](C)[O-])c1c(Cl)cccc1Cl. The van der Waals surface area contributed by atoms with E-state index in [0.717, 1.165) is 21.2 Å². The second-order valence-corrected chi connectivity index (χ2v) is 8.70. The normalized spacial score (nSPS) is 13.2. The highest BCUT2D eigenvalue weighted by Crippen LogP contribution is 2.40. The van der Waals surface area contributed by atoms with Crippen LogP contribution in [-0.2, 0) is 11.2 Å². The monoisotopic (exact) mass is 425 g/mol. The van der Waals surface area contributed by atoms with E-state index in [-0.39, 0.29) is 0 Å². The molecule has 1 atom stereocenters. The minimum Gasteiger partial charge on any atom is -0.611 e. The molecule has 0 aromatic heterocycles. The zero-order valence-electron chi connectivity index (χ0n) is 14.9. The van der Waals surface area contributed by atoms with E-state index in [1.54, 1.807) is 6.26 Å². The molecule has 0 bridgehead atoms. The van der Waals surface area contributed by atoms with Crippen molar-refractivity contribution in [1.82, 2.24) is 0 Å². The van der Waals surface area contributed by atoms with Gasteiger partial charge >= 0.3 is 0 Å². The number of allylic oxidation sites excluding steroid dienone is 1. The first-order valence-electron chi connectivity index (χ1n) is 8.00. The van der Waals surface area contributed by atoms with Crippen molar-refractivity contribution in [3.63, 3.8) is 0 Å². The maximum atomic E-state index is 12.0. The third-order valence-corrected chi connectivity index (χ3v) is 6.74. The van der Waals surface area contributed by atoms with E-state index in [1.807, 2.05) is 73.9 Å². The lowest BCUT2D eigenvalue weighted by Gasteiger charge is -2.27. The first-order valence-corrected chi connectivity index (χ1v) is 11.5. The quantitative estimate of drug-likeness (QED) is 0.362. The molecule has 0 fully saturated rings. The van der Waals surface area contributed by atoms with E-state index in [4.69, 9.17) is 23.2 Å². The zero-order chi connectivity index (χ0) is 19.1. The molecule has 2 aromatic carbocycles. The van der Waals surface area contributed by atoms with Gasteiger partial charge in [-0.15, -0.1) is 0 Å². The van der Waals surface area contributed by atoms with Gasteiger partial charge in [0, 0.05) is 23.9 Å². The van der Waals surface area contributed by atoms with Crippen LogP contribution in [0.15, 0.2) is 58.9 Å². The molecule has 0 saturated carbocycles. The van der Waals surface area contributed by atoms with Gasteiger partial charge in [-0.05, 0) is 42.6 Å². The van der Waals surface area contributed by atoms with E-state index in [9.17, 15) is 4.55 Å². The Hall–Kier alpha value is -1.04. The summed E-state index contributed by atoms with van der Waals surface area (Å²) in [5, 5.41) is 1.18. The summed E-state index contributed by atoms with van der Waals surface area (Å²) in [7, 11) is 0. The molecule has 0 radical (unpaired) electrons. The number of anilines is 2. The molecule has 0 heterocycles. The van der Waals surface area contributed by atoms with Crippen molar-refractivity contribution < 1.29 is 4.55 Å². The number of nitrogens with zero attached hydrogens (tertiary/aromatic N) is 1. The summed E-state index contributed by atoms with van der Waals surface area (Å²) < 4.78 is 12.8. The lowest BCUT2D eigenvalue weighted by atomic mass is 10.1. The van der Waals surface area contributed by atoms with Crippen LogP contribution in [0, 0.1) is 0 Å². The summed E-state index contributed by atoms with van der Waals surface area (Å²) >= 11 is 13.4. The molecule has 138 valence electrons. The maximum Gasteiger partial charge on any atom is 0.186 e. The van der Waals surface area contributed by atoms with Crippen molar-refractivity contribution in [3.05, 3.63) is 74.5 Å². The summed E-state index contributed by atoms with van der Waals surface area (Å²) in [4.78, 5) is 2.08. The van der Waals surface area contributed by atoms with Gasteiger partial charge in [0.25, 0.3) is 0 Å². The fourth-order valence-electron chi connectivity index (χ4n) is 2.51. The summed E-state index contributed by atoms with van der Waals surface area (Å²) in [6.07, 6.45) is 9.62. The Bertz CT molecular complexity index is 786. The molecule has 2 rings (SSSR count). The Labute approximate surface area is 173 Å². The van der Waals surface area contributed by atoms with Crippen LogP contribution < -0.4 is 4.90 Å². The van der Waals surface area contributed by atoms with E-state index in [0.29, 0.717) is 16.6 Å². The van der Waals surface area contributed by atoms with Crippen molar-refractivity contribution in [2.24, 2.45) is 0 Å². The van der Waals surface area contributed by atoms with Crippen LogP contribution in [0.3, 0.4) is 0 Å². The van der Waals surface area contributed by atoms with Gasteiger partial charge in [-0.2, -0.15) is 0 Å². The van der Waals surface area contributed by atoms with Gasteiger partial charge in [0.1, 0.15) is 6.26 Å². The van der Waals surface area contributed by atoms with Gasteiger partial charge in [0.2, 0.25) is 0 Å². The largest absolute Gasteiger partial charge is 0.611 e. The Morgan fingerprint density at radius 1 is 1.15 bits per heavy atom. The smallest absolute Gasteiger partial charge is 0.186 e. The lowest BCUT2D eigenvalue weighted by molar-refractivity contribution is 0.608. The number of hydrogen-bond donors (Lipinski definition) is 0. The van der Waals surface area contributed by atoms with Crippen LogP contribution in [-0.4, -0.2) is 23.6 Å². The highest BCUT2D eigenvalue weighted by molar-refractivity contribution is 8.18. The third kappa shape index (κ3) is 5.24. The second-order valence-electron chi connectivity index (χ2n) is 5.43. The van der Waals surface area contributed by atoms with Crippen molar-refractivity contribution in [1.29, 1.82) is 0 Å². The topological polar surface area (TPSA) is 26.3 Å². The highest BCUT2D eigenvalue weighted by atomic mass is 35.5. The molecular weight excluding hydrogens is 405 g/mol. The molecule has 0 N–H and O–H groups in total. The average molecular weight is 426 g/mol. The Balaban J connectivity index is 2.64. The minimum atomic E-state index is -1.04. The highest BCUT2D eigenvalue weighted by Gasteiger charge is 2.18.